The summed E-state index contributed by atoms with van der Waals surface area (Å²) in [6.07, 6.45) is 3.25. The highest BCUT2D eigenvalue weighted by Crippen LogP contribution is 2.24. The summed E-state index contributed by atoms with van der Waals surface area (Å²) in [5, 5.41) is 6.44. The molecule has 1 atom stereocenters. The summed E-state index contributed by atoms with van der Waals surface area (Å²) in [5.74, 6) is 1.11. The normalized spacial score (nSPS) is 17.1. The molecular weight excluding hydrogens is 260 g/mol. The summed E-state index contributed by atoms with van der Waals surface area (Å²) in [6.45, 7) is 3.68. The molecule has 5 nitrogen and oxygen atoms in total. The molecule has 1 N–H and O–H groups in total. The predicted molar refractivity (Wildman–Crippen MR) is 76.3 cm³/mol. The fourth-order valence-electron chi connectivity index (χ4n) is 2.41. The Morgan fingerprint density at radius 3 is 3.21 bits per heavy atom. The summed E-state index contributed by atoms with van der Waals surface area (Å²) in [6, 6.07) is 2.20. The van der Waals surface area contributed by atoms with Crippen LogP contribution in [0.5, 0.6) is 0 Å². The van der Waals surface area contributed by atoms with E-state index in [0.29, 0.717) is 6.42 Å². The lowest BCUT2D eigenvalue weighted by molar-refractivity contribution is -0.127. The first kappa shape index (κ1) is 12.3. The van der Waals surface area contributed by atoms with Crippen LogP contribution in [0.1, 0.15) is 19.8 Å². The molecular formula is C13H16N4OS. The quantitative estimate of drug-likeness (QED) is 0.929. The van der Waals surface area contributed by atoms with Gasteiger partial charge < -0.3 is 10.2 Å². The van der Waals surface area contributed by atoms with Crippen molar-refractivity contribution in [1.29, 1.82) is 0 Å². The van der Waals surface area contributed by atoms with Gasteiger partial charge in [-0.25, -0.2) is 9.97 Å². The van der Waals surface area contributed by atoms with Gasteiger partial charge in [-0.3, -0.25) is 4.79 Å². The Kier molecular flexibility index (Phi) is 3.33. The molecule has 6 heteroatoms. The number of amides is 1. The number of carbonyl (C=O) groups excluding carboxylic acids is 1. The molecule has 1 fully saturated rings. The third-order valence-electron chi connectivity index (χ3n) is 3.31. The Balaban J connectivity index is 1.70. The third kappa shape index (κ3) is 2.53. The van der Waals surface area contributed by atoms with E-state index in [0.717, 1.165) is 35.5 Å². The molecule has 1 amide bonds. The van der Waals surface area contributed by atoms with Crippen LogP contribution in [0.15, 0.2) is 17.8 Å². The van der Waals surface area contributed by atoms with Crippen molar-refractivity contribution in [1.82, 2.24) is 14.9 Å². The summed E-state index contributed by atoms with van der Waals surface area (Å²) in [5.41, 5.74) is 0. The second-order valence-electron chi connectivity index (χ2n) is 4.85. The van der Waals surface area contributed by atoms with Gasteiger partial charge in [0.15, 0.2) is 0 Å². The number of carbonyl (C=O) groups is 1. The summed E-state index contributed by atoms with van der Waals surface area (Å²) in [4.78, 5) is 23.0. The molecule has 19 heavy (non-hydrogen) atoms. The second-order valence-corrected chi connectivity index (χ2v) is 5.74. The van der Waals surface area contributed by atoms with Crippen LogP contribution in [-0.4, -0.2) is 39.9 Å². The van der Waals surface area contributed by atoms with Crippen LogP contribution in [0.25, 0.3) is 10.2 Å². The van der Waals surface area contributed by atoms with E-state index in [1.807, 2.05) is 16.3 Å². The molecule has 1 unspecified atom stereocenters. The maximum atomic E-state index is 11.6. The molecule has 0 saturated carbocycles. The van der Waals surface area contributed by atoms with Gasteiger partial charge in [0.1, 0.15) is 17.0 Å². The summed E-state index contributed by atoms with van der Waals surface area (Å²) < 4.78 is 0. The van der Waals surface area contributed by atoms with Gasteiger partial charge in [0, 0.05) is 25.6 Å². The first-order valence-corrected chi connectivity index (χ1v) is 7.34. The smallest absolute Gasteiger partial charge is 0.222 e. The molecule has 3 rings (SSSR count). The summed E-state index contributed by atoms with van der Waals surface area (Å²) >= 11 is 1.61. The van der Waals surface area contributed by atoms with Gasteiger partial charge in [-0.05, 0) is 24.8 Å². The van der Waals surface area contributed by atoms with E-state index < -0.39 is 0 Å². The second kappa shape index (κ2) is 5.13. The maximum absolute atomic E-state index is 11.6. The summed E-state index contributed by atoms with van der Waals surface area (Å²) in [7, 11) is 0. The van der Waals surface area contributed by atoms with E-state index in [9.17, 15) is 4.79 Å². The lowest BCUT2D eigenvalue weighted by Gasteiger charge is -2.22. The Morgan fingerprint density at radius 2 is 2.42 bits per heavy atom. The molecule has 0 aliphatic carbocycles. The fourth-order valence-corrected chi connectivity index (χ4v) is 3.14. The lowest BCUT2D eigenvalue weighted by Crippen LogP contribution is -2.35. The Bertz CT molecular complexity index is 597. The zero-order valence-corrected chi connectivity index (χ0v) is 11.6. The molecule has 1 aliphatic rings. The van der Waals surface area contributed by atoms with Crippen molar-refractivity contribution in [3.05, 3.63) is 17.8 Å². The van der Waals surface area contributed by atoms with E-state index in [1.54, 1.807) is 17.7 Å². The van der Waals surface area contributed by atoms with Crippen LogP contribution < -0.4 is 5.32 Å². The largest absolute Gasteiger partial charge is 0.365 e. The van der Waals surface area contributed by atoms with E-state index >= 15 is 0 Å². The monoisotopic (exact) mass is 276 g/mol. The van der Waals surface area contributed by atoms with Crippen molar-refractivity contribution in [2.24, 2.45) is 0 Å². The first-order chi connectivity index (χ1) is 9.24. The number of nitrogens with one attached hydrogen (secondary N) is 1. The molecule has 100 valence electrons. The van der Waals surface area contributed by atoms with E-state index in [1.165, 1.54) is 0 Å². The zero-order chi connectivity index (χ0) is 13.2. The molecule has 0 bridgehead atoms. The lowest BCUT2D eigenvalue weighted by atomic mass is 10.3. The number of aromatic nitrogens is 2. The SMILES string of the molecule is CC(CN1CCCC1=O)Nc1ncnc2sccc12. The number of likely N-dealkylation sites (tertiary alicyclic amines) is 1. The Morgan fingerprint density at radius 1 is 1.53 bits per heavy atom. The Labute approximate surface area is 115 Å². The van der Waals surface area contributed by atoms with Crippen LogP contribution >= 0.6 is 11.3 Å². The van der Waals surface area contributed by atoms with Crippen molar-refractivity contribution < 1.29 is 4.79 Å². The molecule has 0 spiro atoms. The predicted octanol–water partition coefficient (Wildman–Crippen LogP) is 2.11. The number of hydrogen-bond donors (Lipinski definition) is 1. The van der Waals surface area contributed by atoms with Crippen LogP contribution in [-0.2, 0) is 4.79 Å². The van der Waals surface area contributed by atoms with Crippen molar-refractivity contribution in [3.63, 3.8) is 0 Å². The van der Waals surface area contributed by atoms with Gasteiger partial charge in [0.05, 0.1) is 5.39 Å². The van der Waals surface area contributed by atoms with Crippen LogP contribution in [0.2, 0.25) is 0 Å². The molecule has 2 aromatic rings. The first-order valence-electron chi connectivity index (χ1n) is 6.46. The van der Waals surface area contributed by atoms with Crippen molar-refractivity contribution in [3.8, 4) is 0 Å². The van der Waals surface area contributed by atoms with Gasteiger partial charge in [-0.1, -0.05) is 0 Å². The van der Waals surface area contributed by atoms with Crippen LogP contribution in [0.4, 0.5) is 5.82 Å². The minimum absolute atomic E-state index is 0.181. The van der Waals surface area contributed by atoms with E-state index in [2.05, 4.69) is 22.2 Å². The number of fused-ring (bicyclic) bond motifs is 1. The van der Waals surface area contributed by atoms with Gasteiger partial charge in [-0.15, -0.1) is 11.3 Å². The maximum Gasteiger partial charge on any atom is 0.222 e. The molecule has 0 radical (unpaired) electrons. The van der Waals surface area contributed by atoms with Gasteiger partial charge >= 0.3 is 0 Å². The number of rotatable bonds is 4. The number of thiophene rings is 1. The minimum atomic E-state index is 0.181. The topological polar surface area (TPSA) is 58.1 Å². The molecule has 3 heterocycles. The number of anilines is 1. The van der Waals surface area contributed by atoms with Crippen molar-refractivity contribution >= 4 is 33.3 Å². The van der Waals surface area contributed by atoms with Crippen molar-refractivity contribution in [2.45, 2.75) is 25.8 Å². The molecule has 1 saturated heterocycles. The van der Waals surface area contributed by atoms with Gasteiger partial charge in [0.25, 0.3) is 0 Å². The van der Waals surface area contributed by atoms with Crippen LogP contribution in [0.3, 0.4) is 0 Å². The molecule has 0 aromatic carbocycles. The van der Waals surface area contributed by atoms with Crippen molar-refractivity contribution in [2.75, 3.05) is 18.4 Å². The highest BCUT2D eigenvalue weighted by molar-refractivity contribution is 7.16. The number of hydrogen-bond acceptors (Lipinski definition) is 5. The standard InChI is InChI=1S/C13H16N4OS/c1-9(7-17-5-2-3-11(17)18)16-12-10-4-6-19-13(10)15-8-14-12/h4,6,8-9H,2-3,5,7H2,1H3,(H,14,15,16). The zero-order valence-electron chi connectivity index (χ0n) is 10.8. The molecule has 2 aromatic heterocycles. The average molecular weight is 276 g/mol. The Hall–Kier alpha value is -1.69. The highest BCUT2D eigenvalue weighted by atomic mass is 32.1. The third-order valence-corrected chi connectivity index (χ3v) is 4.13. The van der Waals surface area contributed by atoms with Gasteiger partial charge in [-0.2, -0.15) is 0 Å². The fraction of sp³-hybridized carbons (Fsp3) is 0.462. The van der Waals surface area contributed by atoms with E-state index in [-0.39, 0.29) is 11.9 Å². The number of nitrogens with zero attached hydrogens (tertiary/aromatic N) is 3. The minimum Gasteiger partial charge on any atom is -0.365 e. The van der Waals surface area contributed by atoms with E-state index in [4.69, 9.17) is 0 Å². The molecule has 1 aliphatic heterocycles. The highest BCUT2D eigenvalue weighted by Gasteiger charge is 2.22. The van der Waals surface area contributed by atoms with Crippen LogP contribution in [0, 0.1) is 0 Å². The average Bonchev–Trinajstić information content (AvgIpc) is 3.00. The van der Waals surface area contributed by atoms with Gasteiger partial charge in [0.2, 0.25) is 5.91 Å².